The summed E-state index contributed by atoms with van der Waals surface area (Å²) in [5, 5.41) is 3.14. The minimum Gasteiger partial charge on any atom is -0.495 e. The molecule has 0 unspecified atom stereocenters. The second kappa shape index (κ2) is 5.56. The van der Waals surface area contributed by atoms with E-state index in [9.17, 15) is 13.2 Å². The van der Waals surface area contributed by atoms with Gasteiger partial charge in [0.05, 0.1) is 30.7 Å². The van der Waals surface area contributed by atoms with Crippen LogP contribution in [0.15, 0.2) is 42.5 Å². The number of hydrogen-bond acceptors (Lipinski definition) is 2. The number of alkyl halides is 3. The van der Waals surface area contributed by atoms with Crippen molar-refractivity contribution in [3.05, 3.63) is 48.0 Å². The van der Waals surface area contributed by atoms with Crippen LogP contribution in [-0.2, 0) is 13.2 Å². The predicted octanol–water partition coefficient (Wildman–Crippen LogP) is 5.52. The lowest BCUT2D eigenvalue weighted by Gasteiger charge is -2.13. The van der Waals surface area contributed by atoms with Crippen LogP contribution in [0.1, 0.15) is 5.56 Å². The van der Waals surface area contributed by atoms with Crippen LogP contribution >= 0.6 is 0 Å². The van der Waals surface area contributed by atoms with Crippen molar-refractivity contribution in [3.63, 3.8) is 0 Å². The van der Waals surface area contributed by atoms with Crippen LogP contribution in [0.3, 0.4) is 0 Å². The Kier molecular flexibility index (Phi) is 3.54. The average Bonchev–Trinajstić information content (AvgIpc) is 2.91. The molecular formula is C20H16F3NO2. The first kappa shape index (κ1) is 16.6. The second-order valence-corrected chi connectivity index (χ2v) is 6.12. The number of aromatic nitrogens is 1. The van der Waals surface area contributed by atoms with Gasteiger partial charge < -0.3 is 14.0 Å². The summed E-state index contributed by atoms with van der Waals surface area (Å²) >= 11 is 0. The maximum absolute atomic E-state index is 13.2. The van der Waals surface area contributed by atoms with Crippen molar-refractivity contribution in [1.82, 2.24) is 4.57 Å². The highest BCUT2D eigenvalue weighted by atomic mass is 19.4. The van der Waals surface area contributed by atoms with Crippen molar-refractivity contribution in [3.8, 4) is 11.5 Å². The maximum Gasteiger partial charge on any atom is 0.416 e. The summed E-state index contributed by atoms with van der Waals surface area (Å²) in [6.45, 7) is 0. The first-order valence-electron chi connectivity index (χ1n) is 8.00. The molecule has 0 aliphatic heterocycles. The van der Waals surface area contributed by atoms with E-state index >= 15 is 0 Å². The van der Waals surface area contributed by atoms with Gasteiger partial charge in [0.1, 0.15) is 5.75 Å². The smallest absolute Gasteiger partial charge is 0.416 e. The quantitative estimate of drug-likeness (QED) is 0.470. The molecule has 134 valence electrons. The Morgan fingerprint density at radius 2 is 1.46 bits per heavy atom. The Morgan fingerprint density at radius 3 is 2.04 bits per heavy atom. The second-order valence-electron chi connectivity index (χ2n) is 6.12. The Balaban J connectivity index is 2.28. The van der Waals surface area contributed by atoms with E-state index < -0.39 is 11.7 Å². The Hall–Kier alpha value is -2.89. The molecule has 4 aromatic rings. The van der Waals surface area contributed by atoms with Gasteiger partial charge in [0.25, 0.3) is 0 Å². The van der Waals surface area contributed by atoms with E-state index in [4.69, 9.17) is 9.47 Å². The highest BCUT2D eigenvalue weighted by Crippen LogP contribution is 2.47. The molecule has 0 bridgehead atoms. The summed E-state index contributed by atoms with van der Waals surface area (Å²) in [6, 6.07) is 11.4. The summed E-state index contributed by atoms with van der Waals surface area (Å²) in [7, 11) is 4.87. The van der Waals surface area contributed by atoms with Crippen molar-refractivity contribution >= 4 is 32.6 Å². The largest absolute Gasteiger partial charge is 0.495 e. The zero-order valence-corrected chi connectivity index (χ0v) is 14.4. The number of benzene rings is 3. The molecule has 0 saturated carbocycles. The normalized spacial score (nSPS) is 12.2. The minimum atomic E-state index is -4.40. The van der Waals surface area contributed by atoms with Crippen molar-refractivity contribution < 1.29 is 22.6 Å². The third-order valence-corrected chi connectivity index (χ3v) is 4.79. The Morgan fingerprint density at radius 1 is 0.846 bits per heavy atom. The van der Waals surface area contributed by atoms with Gasteiger partial charge in [-0.05, 0) is 12.1 Å². The number of rotatable bonds is 2. The summed E-state index contributed by atoms with van der Waals surface area (Å²) in [5.41, 5.74) is 0.498. The van der Waals surface area contributed by atoms with Crippen LogP contribution in [0.2, 0.25) is 0 Å². The molecule has 4 rings (SSSR count). The van der Waals surface area contributed by atoms with E-state index in [0.717, 1.165) is 22.2 Å². The van der Waals surface area contributed by atoms with E-state index in [-0.39, 0.29) is 0 Å². The van der Waals surface area contributed by atoms with Crippen LogP contribution in [0.5, 0.6) is 11.5 Å². The van der Waals surface area contributed by atoms with Crippen molar-refractivity contribution in [2.45, 2.75) is 6.18 Å². The summed E-state index contributed by atoms with van der Waals surface area (Å²) in [6.07, 6.45) is -4.40. The molecule has 0 spiro atoms. The lowest BCUT2D eigenvalue weighted by Crippen LogP contribution is -2.04. The topological polar surface area (TPSA) is 23.4 Å². The minimum absolute atomic E-state index is 0.474. The number of methoxy groups -OCH3 is 2. The zero-order valence-electron chi connectivity index (χ0n) is 14.4. The van der Waals surface area contributed by atoms with E-state index in [1.54, 1.807) is 25.8 Å². The fraction of sp³-hybridized carbons (Fsp3) is 0.200. The van der Waals surface area contributed by atoms with E-state index in [1.807, 2.05) is 24.3 Å². The van der Waals surface area contributed by atoms with Gasteiger partial charge in [-0.15, -0.1) is 0 Å². The monoisotopic (exact) mass is 359 g/mol. The fourth-order valence-corrected chi connectivity index (χ4v) is 3.67. The standard InChI is InChI=1S/C20H16F3NO2/c1-24-15-10-11(20(21,22)23)8-9-14(15)16-17(24)19(26-3)13-7-5-4-6-12(13)18(16)25-2/h4-10H,1-3H3. The van der Waals surface area contributed by atoms with Crippen molar-refractivity contribution in [2.24, 2.45) is 7.05 Å². The average molecular weight is 359 g/mol. The summed E-state index contributed by atoms with van der Waals surface area (Å²) in [4.78, 5) is 0. The summed E-state index contributed by atoms with van der Waals surface area (Å²) in [5.74, 6) is 1.24. The lowest BCUT2D eigenvalue weighted by molar-refractivity contribution is -0.137. The van der Waals surface area contributed by atoms with E-state index in [0.29, 0.717) is 27.9 Å². The molecule has 6 heteroatoms. The zero-order chi connectivity index (χ0) is 18.6. The molecule has 1 heterocycles. The maximum atomic E-state index is 13.2. The SMILES string of the molecule is COc1c2ccccc2c(OC)c2c1c1ccc(C(F)(F)F)cc1n2C. The summed E-state index contributed by atoms with van der Waals surface area (Å²) < 4.78 is 52.5. The highest BCUT2D eigenvalue weighted by molar-refractivity contribution is 6.20. The van der Waals surface area contributed by atoms with Gasteiger partial charge in [-0.1, -0.05) is 30.3 Å². The van der Waals surface area contributed by atoms with Gasteiger partial charge in [0, 0.05) is 28.7 Å². The molecule has 0 radical (unpaired) electrons. The van der Waals surface area contributed by atoms with Crippen molar-refractivity contribution in [1.29, 1.82) is 0 Å². The third kappa shape index (κ3) is 2.14. The van der Waals surface area contributed by atoms with Gasteiger partial charge in [-0.2, -0.15) is 13.2 Å². The number of fused-ring (bicyclic) bond motifs is 4. The highest BCUT2D eigenvalue weighted by Gasteiger charge is 2.31. The molecular weight excluding hydrogens is 343 g/mol. The van der Waals surface area contributed by atoms with Crippen LogP contribution in [0.25, 0.3) is 32.6 Å². The molecule has 0 saturated heterocycles. The third-order valence-electron chi connectivity index (χ3n) is 4.79. The molecule has 0 atom stereocenters. The molecule has 3 aromatic carbocycles. The molecule has 0 amide bonds. The van der Waals surface area contributed by atoms with Crippen LogP contribution in [-0.4, -0.2) is 18.8 Å². The van der Waals surface area contributed by atoms with Gasteiger partial charge in [-0.3, -0.25) is 0 Å². The molecule has 0 N–H and O–H groups in total. The Bertz CT molecular complexity index is 1160. The number of halogens is 3. The predicted molar refractivity (Wildman–Crippen MR) is 96.0 cm³/mol. The fourth-order valence-electron chi connectivity index (χ4n) is 3.67. The number of nitrogens with zero attached hydrogens (tertiary/aromatic N) is 1. The van der Waals surface area contributed by atoms with Crippen LogP contribution in [0, 0.1) is 0 Å². The Labute approximate surface area is 147 Å². The van der Waals surface area contributed by atoms with Crippen LogP contribution < -0.4 is 9.47 Å². The number of aryl methyl sites for hydroxylation is 1. The lowest BCUT2D eigenvalue weighted by atomic mass is 10.0. The molecule has 3 nitrogen and oxygen atoms in total. The van der Waals surface area contributed by atoms with Gasteiger partial charge in [-0.25, -0.2) is 0 Å². The first-order chi connectivity index (χ1) is 12.4. The van der Waals surface area contributed by atoms with Crippen molar-refractivity contribution in [2.75, 3.05) is 14.2 Å². The van der Waals surface area contributed by atoms with Gasteiger partial charge in [0.15, 0.2) is 5.75 Å². The first-order valence-corrected chi connectivity index (χ1v) is 8.00. The van der Waals surface area contributed by atoms with E-state index in [1.165, 1.54) is 12.1 Å². The van der Waals surface area contributed by atoms with E-state index in [2.05, 4.69) is 0 Å². The molecule has 0 aliphatic rings. The van der Waals surface area contributed by atoms with Crippen LogP contribution in [0.4, 0.5) is 13.2 Å². The molecule has 0 fully saturated rings. The molecule has 26 heavy (non-hydrogen) atoms. The molecule has 0 aliphatic carbocycles. The number of ether oxygens (including phenoxy) is 2. The molecule has 1 aromatic heterocycles. The van der Waals surface area contributed by atoms with Gasteiger partial charge in [0.2, 0.25) is 0 Å². The van der Waals surface area contributed by atoms with Gasteiger partial charge >= 0.3 is 6.18 Å². The number of hydrogen-bond donors (Lipinski definition) is 0.